The van der Waals surface area contributed by atoms with E-state index in [1.165, 1.54) is 0 Å². The van der Waals surface area contributed by atoms with Gasteiger partial charge in [-0.25, -0.2) is 0 Å². The fourth-order valence-corrected chi connectivity index (χ4v) is 5.96. The number of carbonyl (C=O) groups excluding carboxylic acids is 1. The van der Waals surface area contributed by atoms with Gasteiger partial charge >= 0.3 is 0 Å². The number of fused-ring (bicyclic) bond motifs is 3. The van der Waals surface area contributed by atoms with E-state index in [0.717, 1.165) is 67.3 Å². The van der Waals surface area contributed by atoms with Crippen LogP contribution in [-0.4, -0.2) is 32.9 Å². The number of hydrogen-bond donors (Lipinski definition) is 1. The van der Waals surface area contributed by atoms with E-state index in [4.69, 9.17) is 27.9 Å². The average molecular weight is 540 g/mol. The molecule has 37 heavy (non-hydrogen) atoms. The fraction of sp³-hybridized carbons (Fsp3) is 0.379. The Morgan fingerprint density at radius 1 is 1.11 bits per heavy atom. The third-order valence-electron chi connectivity index (χ3n) is 7.34. The molecule has 8 heteroatoms. The Labute approximate surface area is 227 Å². The Kier molecular flexibility index (Phi) is 6.75. The summed E-state index contributed by atoms with van der Waals surface area (Å²) in [6, 6.07) is 7.94. The zero-order chi connectivity index (χ0) is 26.6. The molecule has 5 rings (SSSR count). The molecule has 0 aliphatic carbocycles. The van der Waals surface area contributed by atoms with Crippen LogP contribution < -0.4 is 10.1 Å². The molecule has 1 N–H and O–H groups in total. The number of nitrogens with one attached hydrogen (secondary N) is 1. The van der Waals surface area contributed by atoms with Gasteiger partial charge < -0.3 is 14.6 Å². The Morgan fingerprint density at radius 2 is 1.81 bits per heavy atom. The van der Waals surface area contributed by atoms with Gasteiger partial charge in [-0.05, 0) is 82.3 Å². The first-order valence-corrected chi connectivity index (χ1v) is 13.4. The van der Waals surface area contributed by atoms with Crippen molar-refractivity contribution in [3.05, 3.63) is 68.1 Å². The third kappa shape index (κ3) is 4.40. The van der Waals surface area contributed by atoms with Crippen molar-refractivity contribution in [1.29, 1.82) is 0 Å². The Morgan fingerprint density at radius 3 is 2.46 bits per heavy atom. The zero-order valence-electron chi connectivity index (χ0n) is 22.1. The van der Waals surface area contributed by atoms with E-state index in [9.17, 15) is 4.79 Å². The van der Waals surface area contributed by atoms with E-state index in [-0.39, 0.29) is 11.9 Å². The number of ether oxygens (including phenoxy) is 1. The number of aryl methyl sites for hydroxylation is 5. The summed E-state index contributed by atoms with van der Waals surface area (Å²) in [7, 11) is 1.94. The summed E-state index contributed by atoms with van der Waals surface area (Å²) in [5.41, 5.74) is 8.68. The summed E-state index contributed by atoms with van der Waals surface area (Å²) >= 11 is 13.2. The van der Waals surface area contributed by atoms with Crippen LogP contribution in [0.15, 0.2) is 24.3 Å². The number of rotatable bonds is 6. The van der Waals surface area contributed by atoms with Gasteiger partial charge in [-0.2, -0.15) is 5.10 Å². The second-order valence-electron chi connectivity index (χ2n) is 10.1. The predicted molar refractivity (Wildman–Crippen MR) is 150 cm³/mol. The van der Waals surface area contributed by atoms with Crippen molar-refractivity contribution in [2.75, 3.05) is 6.61 Å². The lowest BCUT2D eigenvalue weighted by Gasteiger charge is -2.24. The number of hydrogen-bond acceptors (Lipinski definition) is 3. The standard InChI is InChI=1S/C29H32Cl2N4O2/c1-15-12-20(13-16(2)26(15)31)37-11-7-8-21-22-9-10-23(30)25(24-18(4)33-34(6)19(24)5)27(22)35-14-17(3)32-29(36)28(21)35/h9-10,12-13,17H,7-8,11,14H2,1-6H3,(H,32,36). The van der Waals surface area contributed by atoms with Crippen molar-refractivity contribution in [3.63, 3.8) is 0 Å². The van der Waals surface area contributed by atoms with Gasteiger partial charge in [0.1, 0.15) is 11.4 Å². The molecule has 0 bridgehead atoms. The monoisotopic (exact) mass is 538 g/mol. The van der Waals surface area contributed by atoms with E-state index >= 15 is 0 Å². The fourth-order valence-electron chi connectivity index (χ4n) is 5.60. The van der Waals surface area contributed by atoms with Crippen LogP contribution in [0.25, 0.3) is 22.0 Å². The lowest BCUT2D eigenvalue weighted by molar-refractivity contribution is 0.0906. The van der Waals surface area contributed by atoms with Crippen molar-refractivity contribution in [2.45, 2.75) is 60.0 Å². The molecule has 6 nitrogen and oxygen atoms in total. The van der Waals surface area contributed by atoms with Crippen LogP contribution in [0.3, 0.4) is 0 Å². The predicted octanol–water partition coefficient (Wildman–Crippen LogP) is 6.73. The highest BCUT2D eigenvalue weighted by Gasteiger charge is 2.31. The second-order valence-corrected chi connectivity index (χ2v) is 10.9. The minimum absolute atomic E-state index is 0.0195. The van der Waals surface area contributed by atoms with Crippen LogP contribution in [0.2, 0.25) is 10.0 Å². The average Bonchev–Trinajstić information content (AvgIpc) is 3.28. The SMILES string of the molecule is Cc1cc(OCCCc2c3n(c4c(-c5c(C)nn(C)c5C)c(Cl)ccc24)CC(C)NC3=O)cc(C)c1Cl. The van der Waals surface area contributed by atoms with Gasteiger partial charge in [0.15, 0.2) is 0 Å². The van der Waals surface area contributed by atoms with Crippen molar-refractivity contribution < 1.29 is 9.53 Å². The normalized spacial score (nSPS) is 15.2. The van der Waals surface area contributed by atoms with Gasteiger partial charge in [-0.1, -0.05) is 29.3 Å². The summed E-state index contributed by atoms with van der Waals surface area (Å²) < 4.78 is 10.1. The van der Waals surface area contributed by atoms with Crippen LogP contribution in [0, 0.1) is 27.7 Å². The summed E-state index contributed by atoms with van der Waals surface area (Å²) in [6.07, 6.45) is 1.47. The van der Waals surface area contributed by atoms with Crippen molar-refractivity contribution >= 4 is 40.0 Å². The van der Waals surface area contributed by atoms with E-state index in [1.54, 1.807) is 0 Å². The number of amides is 1. The van der Waals surface area contributed by atoms with E-state index < -0.39 is 0 Å². The molecular formula is C29H32Cl2N4O2. The molecule has 0 saturated carbocycles. The highest BCUT2D eigenvalue weighted by atomic mass is 35.5. The Bertz CT molecular complexity index is 1530. The van der Waals surface area contributed by atoms with E-state index in [2.05, 4.69) is 21.9 Å². The summed E-state index contributed by atoms with van der Waals surface area (Å²) in [4.78, 5) is 13.3. The first-order valence-electron chi connectivity index (χ1n) is 12.6. The molecule has 2 aromatic carbocycles. The smallest absolute Gasteiger partial charge is 0.268 e. The summed E-state index contributed by atoms with van der Waals surface area (Å²) in [5, 5.41) is 10.2. The third-order valence-corrected chi connectivity index (χ3v) is 8.25. The number of aromatic nitrogens is 3. The van der Waals surface area contributed by atoms with Gasteiger partial charge in [-0.15, -0.1) is 0 Å². The molecule has 4 aromatic rings. The molecule has 0 spiro atoms. The molecule has 1 aliphatic rings. The summed E-state index contributed by atoms with van der Waals surface area (Å²) in [5.74, 6) is 0.767. The van der Waals surface area contributed by atoms with Crippen LogP contribution in [0.4, 0.5) is 0 Å². The molecule has 2 aromatic heterocycles. The Hall–Kier alpha value is -2.96. The largest absolute Gasteiger partial charge is 0.494 e. The molecule has 0 radical (unpaired) electrons. The first kappa shape index (κ1) is 25.7. The maximum atomic E-state index is 13.3. The molecule has 0 saturated heterocycles. The van der Waals surface area contributed by atoms with Crippen LogP contribution in [0.5, 0.6) is 5.75 Å². The van der Waals surface area contributed by atoms with E-state index in [1.807, 2.05) is 63.7 Å². The maximum absolute atomic E-state index is 13.3. The number of benzene rings is 2. The maximum Gasteiger partial charge on any atom is 0.268 e. The van der Waals surface area contributed by atoms with Crippen LogP contribution in [0.1, 0.15) is 51.9 Å². The lowest BCUT2D eigenvalue weighted by Crippen LogP contribution is -2.42. The van der Waals surface area contributed by atoms with Gasteiger partial charge in [0.05, 0.1) is 22.8 Å². The van der Waals surface area contributed by atoms with Gasteiger partial charge in [0.2, 0.25) is 0 Å². The van der Waals surface area contributed by atoms with Crippen LogP contribution in [-0.2, 0) is 20.0 Å². The van der Waals surface area contributed by atoms with Gasteiger partial charge in [0.25, 0.3) is 5.91 Å². The molecule has 1 aliphatic heterocycles. The molecule has 1 unspecified atom stereocenters. The minimum Gasteiger partial charge on any atom is -0.494 e. The zero-order valence-corrected chi connectivity index (χ0v) is 23.6. The second kappa shape index (κ2) is 9.73. The van der Waals surface area contributed by atoms with Crippen LogP contribution >= 0.6 is 23.2 Å². The molecular weight excluding hydrogens is 507 g/mol. The number of nitrogens with zero attached hydrogens (tertiary/aromatic N) is 3. The molecule has 1 amide bonds. The Balaban J connectivity index is 1.56. The highest BCUT2D eigenvalue weighted by molar-refractivity contribution is 6.35. The minimum atomic E-state index is -0.0449. The summed E-state index contributed by atoms with van der Waals surface area (Å²) in [6.45, 7) is 11.3. The van der Waals surface area contributed by atoms with Gasteiger partial charge in [0, 0.05) is 46.9 Å². The topological polar surface area (TPSA) is 61.1 Å². The highest BCUT2D eigenvalue weighted by Crippen LogP contribution is 2.42. The molecule has 1 atom stereocenters. The van der Waals surface area contributed by atoms with Gasteiger partial charge in [-0.3, -0.25) is 9.48 Å². The first-order chi connectivity index (χ1) is 17.6. The molecule has 0 fully saturated rings. The van der Waals surface area contributed by atoms with Crippen molar-refractivity contribution in [2.24, 2.45) is 7.05 Å². The molecule has 194 valence electrons. The number of halogens is 2. The molecule has 3 heterocycles. The van der Waals surface area contributed by atoms with Crippen molar-refractivity contribution in [1.82, 2.24) is 19.7 Å². The van der Waals surface area contributed by atoms with Crippen molar-refractivity contribution in [3.8, 4) is 16.9 Å². The lowest BCUT2D eigenvalue weighted by atomic mass is 9.98. The quantitative estimate of drug-likeness (QED) is 0.277. The number of carbonyl (C=O) groups is 1. The van der Waals surface area contributed by atoms with E-state index in [0.29, 0.717) is 30.3 Å².